The monoisotopic (exact) mass is 277 g/mol. The highest BCUT2D eigenvalue weighted by Crippen LogP contribution is 2.25. The summed E-state index contributed by atoms with van der Waals surface area (Å²) in [6.45, 7) is -0.0180. The van der Waals surface area contributed by atoms with Gasteiger partial charge in [-0.1, -0.05) is 6.07 Å². The van der Waals surface area contributed by atoms with Crippen LogP contribution in [0.15, 0.2) is 24.3 Å². The van der Waals surface area contributed by atoms with Crippen LogP contribution in [0, 0.1) is 0 Å². The maximum Gasteiger partial charge on any atom is 0.318 e. The maximum absolute atomic E-state index is 11.3. The molecule has 1 aromatic carbocycles. The summed E-state index contributed by atoms with van der Waals surface area (Å²) < 4.78 is 5.87. The van der Waals surface area contributed by atoms with Crippen molar-refractivity contribution in [1.82, 2.24) is 5.32 Å². The minimum atomic E-state index is -0.852. The molecule has 1 fully saturated rings. The van der Waals surface area contributed by atoms with Gasteiger partial charge in [-0.15, -0.1) is 0 Å². The van der Waals surface area contributed by atoms with Gasteiger partial charge >= 0.3 is 6.03 Å². The zero-order valence-electron chi connectivity index (χ0n) is 11.2. The number of carbonyl (C=O) groups is 2. The molecule has 0 bridgehead atoms. The van der Waals surface area contributed by atoms with Gasteiger partial charge in [0.1, 0.15) is 5.75 Å². The van der Waals surface area contributed by atoms with E-state index in [1.807, 2.05) is 29.6 Å². The fraction of sp³-hybridized carbons (Fsp3) is 0.429. The summed E-state index contributed by atoms with van der Waals surface area (Å²) in [6.07, 6.45) is 4.92. The SMILES string of the molecule is NC(=O)NC(=O)CNc1cccc(OC2CCCC2)c1. The van der Waals surface area contributed by atoms with Crippen molar-refractivity contribution in [3.8, 4) is 5.75 Å². The summed E-state index contributed by atoms with van der Waals surface area (Å²) in [4.78, 5) is 21.8. The summed E-state index contributed by atoms with van der Waals surface area (Å²) in [7, 11) is 0. The van der Waals surface area contributed by atoms with Crippen LogP contribution in [-0.4, -0.2) is 24.6 Å². The predicted octanol–water partition coefficient (Wildman–Crippen LogP) is 1.61. The minimum Gasteiger partial charge on any atom is -0.490 e. The van der Waals surface area contributed by atoms with Crippen molar-refractivity contribution in [3.05, 3.63) is 24.3 Å². The Morgan fingerprint density at radius 2 is 2.05 bits per heavy atom. The number of hydrogen-bond acceptors (Lipinski definition) is 4. The molecule has 1 aliphatic rings. The van der Waals surface area contributed by atoms with Crippen molar-refractivity contribution in [2.45, 2.75) is 31.8 Å². The molecule has 0 aliphatic heterocycles. The Labute approximate surface area is 117 Å². The highest BCUT2D eigenvalue weighted by atomic mass is 16.5. The van der Waals surface area contributed by atoms with Crippen LogP contribution in [0.3, 0.4) is 0 Å². The standard InChI is InChI=1S/C14H19N3O3/c15-14(19)17-13(18)9-16-10-4-3-7-12(8-10)20-11-5-1-2-6-11/h3-4,7-8,11,16H,1-2,5-6,9H2,(H3,15,17,18,19). The van der Waals surface area contributed by atoms with Gasteiger partial charge < -0.3 is 15.8 Å². The lowest BCUT2D eigenvalue weighted by atomic mass is 10.2. The van der Waals surface area contributed by atoms with Crippen molar-refractivity contribution in [3.63, 3.8) is 0 Å². The van der Waals surface area contributed by atoms with Crippen molar-refractivity contribution < 1.29 is 14.3 Å². The molecular formula is C14H19N3O3. The Morgan fingerprint density at radius 1 is 1.30 bits per heavy atom. The average Bonchev–Trinajstić information content (AvgIpc) is 2.89. The molecule has 2 rings (SSSR count). The van der Waals surface area contributed by atoms with Crippen LogP contribution >= 0.6 is 0 Å². The smallest absolute Gasteiger partial charge is 0.318 e. The number of urea groups is 1. The number of anilines is 1. The predicted molar refractivity (Wildman–Crippen MR) is 75.5 cm³/mol. The second kappa shape index (κ2) is 6.79. The van der Waals surface area contributed by atoms with Crippen molar-refractivity contribution >= 4 is 17.6 Å². The van der Waals surface area contributed by atoms with E-state index in [9.17, 15) is 9.59 Å². The Balaban J connectivity index is 1.85. The van der Waals surface area contributed by atoms with Crippen molar-refractivity contribution in [2.24, 2.45) is 5.73 Å². The number of primary amides is 1. The molecule has 1 saturated carbocycles. The van der Waals surface area contributed by atoms with Gasteiger partial charge in [0, 0.05) is 11.8 Å². The van der Waals surface area contributed by atoms with Gasteiger partial charge in [-0.3, -0.25) is 10.1 Å². The van der Waals surface area contributed by atoms with Crippen molar-refractivity contribution in [2.75, 3.05) is 11.9 Å². The number of nitrogens with one attached hydrogen (secondary N) is 2. The van der Waals surface area contributed by atoms with E-state index in [0.717, 1.165) is 24.3 Å². The molecule has 6 heteroatoms. The summed E-state index contributed by atoms with van der Waals surface area (Å²) in [5.74, 6) is 0.317. The molecule has 1 aliphatic carbocycles. The Kier molecular flexibility index (Phi) is 4.81. The molecule has 0 atom stereocenters. The number of ether oxygens (including phenoxy) is 1. The maximum atomic E-state index is 11.3. The van der Waals surface area contributed by atoms with E-state index in [4.69, 9.17) is 10.5 Å². The van der Waals surface area contributed by atoms with E-state index in [1.54, 1.807) is 0 Å². The first-order valence-electron chi connectivity index (χ1n) is 6.73. The lowest BCUT2D eigenvalue weighted by Gasteiger charge is -2.14. The lowest BCUT2D eigenvalue weighted by molar-refractivity contribution is -0.118. The fourth-order valence-corrected chi connectivity index (χ4v) is 2.24. The normalized spacial score (nSPS) is 14.8. The first-order chi connectivity index (χ1) is 9.63. The lowest BCUT2D eigenvalue weighted by Crippen LogP contribution is -2.38. The molecule has 0 radical (unpaired) electrons. The van der Waals surface area contributed by atoms with Crippen LogP contribution in [0.5, 0.6) is 5.75 Å². The summed E-state index contributed by atoms with van der Waals surface area (Å²) in [5.41, 5.74) is 5.62. The second-order valence-corrected chi connectivity index (χ2v) is 4.82. The highest BCUT2D eigenvalue weighted by Gasteiger charge is 2.16. The number of carbonyl (C=O) groups excluding carboxylic acids is 2. The molecule has 0 unspecified atom stereocenters. The fourth-order valence-electron chi connectivity index (χ4n) is 2.24. The Bertz CT molecular complexity index is 484. The summed E-state index contributed by atoms with van der Waals surface area (Å²) in [5, 5.41) is 4.91. The summed E-state index contributed by atoms with van der Waals surface area (Å²) >= 11 is 0. The molecule has 20 heavy (non-hydrogen) atoms. The van der Waals surface area contributed by atoms with Crippen LogP contribution in [-0.2, 0) is 4.79 Å². The molecule has 0 saturated heterocycles. The molecule has 108 valence electrons. The summed E-state index contributed by atoms with van der Waals surface area (Å²) in [6, 6.07) is 6.58. The van der Waals surface area contributed by atoms with Crippen LogP contribution in [0.25, 0.3) is 0 Å². The number of imide groups is 1. The zero-order valence-corrected chi connectivity index (χ0v) is 11.2. The molecule has 6 nitrogen and oxygen atoms in total. The molecule has 1 aromatic rings. The number of rotatable bonds is 5. The third-order valence-electron chi connectivity index (χ3n) is 3.15. The van der Waals surface area contributed by atoms with E-state index < -0.39 is 11.9 Å². The number of benzene rings is 1. The van der Waals surface area contributed by atoms with E-state index in [2.05, 4.69) is 5.32 Å². The van der Waals surface area contributed by atoms with E-state index in [0.29, 0.717) is 6.10 Å². The van der Waals surface area contributed by atoms with E-state index in [-0.39, 0.29) is 6.54 Å². The second-order valence-electron chi connectivity index (χ2n) is 4.82. The van der Waals surface area contributed by atoms with E-state index in [1.165, 1.54) is 12.8 Å². The van der Waals surface area contributed by atoms with Gasteiger partial charge in [0.05, 0.1) is 12.6 Å². The number of amides is 3. The van der Waals surface area contributed by atoms with Crippen LogP contribution in [0.1, 0.15) is 25.7 Å². The van der Waals surface area contributed by atoms with Gasteiger partial charge in [-0.05, 0) is 37.8 Å². The molecule has 0 spiro atoms. The third kappa shape index (κ3) is 4.46. The number of nitrogens with two attached hydrogens (primary N) is 1. The number of hydrogen-bond donors (Lipinski definition) is 3. The van der Waals surface area contributed by atoms with Gasteiger partial charge in [0.2, 0.25) is 5.91 Å². The Morgan fingerprint density at radius 3 is 2.75 bits per heavy atom. The van der Waals surface area contributed by atoms with Gasteiger partial charge in [-0.25, -0.2) is 4.79 Å². The minimum absolute atomic E-state index is 0.0180. The molecule has 0 aromatic heterocycles. The highest BCUT2D eigenvalue weighted by molar-refractivity contribution is 5.95. The molecular weight excluding hydrogens is 258 g/mol. The first kappa shape index (κ1) is 14.2. The molecule has 0 heterocycles. The van der Waals surface area contributed by atoms with Gasteiger partial charge in [0.25, 0.3) is 0 Å². The van der Waals surface area contributed by atoms with E-state index >= 15 is 0 Å². The van der Waals surface area contributed by atoms with Crippen molar-refractivity contribution in [1.29, 1.82) is 0 Å². The topological polar surface area (TPSA) is 93.5 Å². The van der Waals surface area contributed by atoms with Gasteiger partial charge in [-0.2, -0.15) is 0 Å². The van der Waals surface area contributed by atoms with Crippen LogP contribution in [0.4, 0.5) is 10.5 Å². The van der Waals surface area contributed by atoms with Crippen LogP contribution in [0.2, 0.25) is 0 Å². The first-order valence-corrected chi connectivity index (χ1v) is 6.73. The molecule has 3 amide bonds. The van der Waals surface area contributed by atoms with Gasteiger partial charge in [0.15, 0.2) is 0 Å². The third-order valence-corrected chi connectivity index (χ3v) is 3.15. The zero-order chi connectivity index (χ0) is 14.4. The Hall–Kier alpha value is -2.24. The molecule has 4 N–H and O–H groups in total. The largest absolute Gasteiger partial charge is 0.490 e. The average molecular weight is 277 g/mol. The quantitative estimate of drug-likeness (QED) is 0.762. The van der Waals surface area contributed by atoms with Crippen LogP contribution < -0.4 is 21.1 Å².